The van der Waals surface area contributed by atoms with Crippen LogP contribution in [0.2, 0.25) is 0 Å². The van der Waals surface area contributed by atoms with Crippen molar-refractivity contribution < 1.29 is 13.5 Å². The summed E-state index contributed by atoms with van der Waals surface area (Å²) in [5.41, 5.74) is 3.85. The fourth-order valence-electron chi connectivity index (χ4n) is 4.13. The van der Waals surface area contributed by atoms with Crippen LogP contribution in [0.25, 0.3) is 10.9 Å². The molecule has 2 heterocycles. The average Bonchev–Trinajstić information content (AvgIpc) is 3.03. The van der Waals surface area contributed by atoms with Crippen LogP contribution in [-0.2, 0) is 16.3 Å². The van der Waals surface area contributed by atoms with Gasteiger partial charge >= 0.3 is 0 Å². The lowest BCUT2D eigenvalue weighted by Gasteiger charge is -2.28. The molecule has 1 aromatic heterocycles. The van der Waals surface area contributed by atoms with E-state index in [2.05, 4.69) is 35.4 Å². The van der Waals surface area contributed by atoms with Crippen molar-refractivity contribution in [2.75, 3.05) is 18.1 Å². The van der Waals surface area contributed by atoms with Crippen LogP contribution >= 0.6 is 0 Å². The molecule has 0 saturated carbocycles. The third-order valence-corrected chi connectivity index (χ3v) is 7.21. The second-order valence-corrected chi connectivity index (χ2v) is 9.64. The minimum atomic E-state index is -3.09. The Balaban J connectivity index is 1.57. The first kappa shape index (κ1) is 16.1. The summed E-state index contributed by atoms with van der Waals surface area (Å²) in [6.45, 7) is 2.43. The Kier molecular flexibility index (Phi) is 3.74. The number of aliphatic hydroxyl groups is 1. The minimum Gasteiger partial charge on any atom is -0.387 e. The van der Waals surface area contributed by atoms with Crippen LogP contribution in [0, 0.1) is 6.92 Å². The van der Waals surface area contributed by atoms with Crippen LogP contribution in [0.4, 0.5) is 0 Å². The zero-order valence-electron chi connectivity index (χ0n) is 13.9. The van der Waals surface area contributed by atoms with E-state index in [0.717, 1.165) is 24.8 Å². The molecule has 0 radical (unpaired) electrons. The Morgan fingerprint density at radius 1 is 1.42 bits per heavy atom. The molecule has 5 nitrogen and oxygen atoms in total. The summed E-state index contributed by atoms with van der Waals surface area (Å²) in [7, 11) is -3.09. The van der Waals surface area contributed by atoms with Crippen molar-refractivity contribution in [1.82, 2.24) is 10.3 Å². The second-order valence-electron chi connectivity index (χ2n) is 7.46. The zero-order valence-corrected chi connectivity index (χ0v) is 14.7. The molecule has 1 fully saturated rings. The van der Waals surface area contributed by atoms with E-state index >= 15 is 0 Å². The largest absolute Gasteiger partial charge is 0.387 e. The van der Waals surface area contributed by atoms with Gasteiger partial charge in [-0.2, -0.15) is 0 Å². The fourth-order valence-corrected chi connectivity index (χ4v) is 6.03. The molecule has 6 heteroatoms. The maximum atomic E-state index is 11.7. The third kappa shape index (κ3) is 2.87. The molecule has 0 spiro atoms. The van der Waals surface area contributed by atoms with Gasteiger partial charge in [0.15, 0.2) is 9.84 Å². The summed E-state index contributed by atoms with van der Waals surface area (Å²) >= 11 is 0. The molecule has 24 heavy (non-hydrogen) atoms. The monoisotopic (exact) mass is 348 g/mol. The molecule has 2 unspecified atom stereocenters. The first-order valence-corrected chi connectivity index (χ1v) is 10.4. The molecule has 130 valence electrons. The van der Waals surface area contributed by atoms with Gasteiger partial charge in [0, 0.05) is 29.2 Å². The zero-order chi connectivity index (χ0) is 16.9. The normalized spacial score (nSPS) is 29.0. The Labute approximate surface area is 142 Å². The van der Waals surface area contributed by atoms with Gasteiger partial charge in [0.1, 0.15) is 0 Å². The topological polar surface area (TPSA) is 82.2 Å². The molecule has 0 bridgehead atoms. The van der Waals surface area contributed by atoms with E-state index in [-0.39, 0.29) is 17.5 Å². The molecule has 1 aliphatic carbocycles. The summed E-state index contributed by atoms with van der Waals surface area (Å²) in [6.07, 6.45) is 3.49. The number of hydrogen-bond acceptors (Lipinski definition) is 4. The van der Waals surface area contributed by atoms with Crippen LogP contribution in [-0.4, -0.2) is 42.2 Å². The number of sulfone groups is 1. The van der Waals surface area contributed by atoms with E-state index in [1.165, 1.54) is 22.2 Å². The van der Waals surface area contributed by atoms with Gasteiger partial charge in [-0.05, 0) is 50.3 Å². The first-order chi connectivity index (χ1) is 11.4. The Morgan fingerprint density at radius 3 is 3.00 bits per heavy atom. The predicted octanol–water partition coefficient (Wildman–Crippen LogP) is 1.99. The summed E-state index contributed by atoms with van der Waals surface area (Å²) in [6, 6.07) is 6.61. The SMILES string of the molecule is Cc1ccc2[nH]c3c(c2c1)CCCC3NCC1(O)CCS(=O)(=O)C1. The average molecular weight is 348 g/mol. The highest BCUT2D eigenvalue weighted by molar-refractivity contribution is 7.91. The molecule has 3 N–H and O–H groups in total. The lowest BCUT2D eigenvalue weighted by Crippen LogP contribution is -2.43. The number of aromatic amines is 1. The van der Waals surface area contributed by atoms with E-state index in [4.69, 9.17) is 0 Å². The molecule has 1 saturated heterocycles. The van der Waals surface area contributed by atoms with Gasteiger partial charge in [-0.15, -0.1) is 0 Å². The highest BCUT2D eigenvalue weighted by Gasteiger charge is 2.41. The van der Waals surface area contributed by atoms with Gasteiger partial charge < -0.3 is 15.4 Å². The smallest absolute Gasteiger partial charge is 0.153 e. The first-order valence-electron chi connectivity index (χ1n) is 8.63. The summed E-state index contributed by atoms with van der Waals surface area (Å²) in [5, 5.41) is 15.2. The maximum Gasteiger partial charge on any atom is 0.153 e. The molecule has 2 atom stereocenters. The van der Waals surface area contributed by atoms with Crippen molar-refractivity contribution in [1.29, 1.82) is 0 Å². The van der Waals surface area contributed by atoms with Gasteiger partial charge in [0.05, 0.1) is 17.1 Å². The summed E-state index contributed by atoms with van der Waals surface area (Å²) in [4.78, 5) is 3.54. The molecule has 2 aromatic rings. The van der Waals surface area contributed by atoms with Crippen molar-refractivity contribution in [2.45, 2.75) is 44.2 Å². The number of benzene rings is 1. The van der Waals surface area contributed by atoms with Gasteiger partial charge in [-0.3, -0.25) is 0 Å². The third-order valence-electron chi connectivity index (χ3n) is 5.41. The predicted molar refractivity (Wildman–Crippen MR) is 94.9 cm³/mol. The number of H-pyrrole nitrogens is 1. The molecular formula is C18H24N2O3S. The standard InChI is InChI=1S/C18H24N2O3S/c1-12-5-6-15-14(9-12)13-3-2-4-16(17(13)20-15)19-10-18(21)7-8-24(22,23)11-18/h5-6,9,16,19-21H,2-4,7-8,10-11H2,1H3. The van der Waals surface area contributed by atoms with Crippen LogP contribution < -0.4 is 5.32 Å². The van der Waals surface area contributed by atoms with E-state index in [9.17, 15) is 13.5 Å². The maximum absolute atomic E-state index is 11.7. The highest BCUT2D eigenvalue weighted by atomic mass is 32.2. The van der Waals surface area contributed by atoms with Crippen molar-refractivity contribution in [3.8, 4) is 0 Å². The van der Waals surface area contributed by atoms with E-state index < -0.39 is 15.4 Å². The molecule has 4 rings (SSSR count). The van der Waals surface area contributed by atoms with E-state index in [1.807, 2.05) is 0 Å². The highest BCUT2D eigenvalue weighted by Crippen LogP contribution is 2.35. The van der Waals surface area contributed by atoms with Crippen molar-refractivity contribution in [3.63, 3.8) is 0 Å². The quantitative estimate of drug-likeness (QED) is 0.792. The van der Waals surface area contributed by atoms with Crippen LogP contribution in [0.5, 0.6) is 0 Å². The summed E-state index contributed by atoms with van der Waals surface area (Å²) < 4.78 is 23.3. The van der Waals surface area contributed by atoms with Crippen LogP contribution in [0.1, 0.15) is 42.1 Å². The van der Waals surface area contributed by atoms with Gasteiger partial charge in [-0.25, -0.2) is 8.42 Å². The molecular weight excluding hydrogens is 324 g/mol. The Hall–Kier alpha value is -1.37. The van der Waals surface area contributed by atoms with Crippen LogP contribution in [0.3, 0.4) is 0 Å². The second kappa shape index (κ2) is 5.58. The van der Waals surface area contributed by atoms with Gasteiger partial charge in [-0.1, -0.05) is 11.6 Å². The Morgan fingerprint density at radius 2 is 2.25 bits per heavy atom. The van der Waals surface area contributed by atoms with Crippen molar-refractivity contribution in [3.05, 3.63) is 35.0 Å². The van der Waals surface area contributed by atoms with Crippen LogP contribution in [0.15, 0.2) is 18.2 Å². The van der Waals surface area contributed by atoms with E-state index in [0.29, 0.717) is 13.0 Å². The van der Waals surface area contributed by atoms with Crippen molar-refractivity contribution >= 4 is 20.7 Å². The summed E-state index contributed by atoms with van der Waals surface area (Å²) in [5.74, 6) is -0.0365. The van der Waals surface area contributed by atoms with Gasteiger partial charge in [0.2, 0.25) is 0 Å². The van der Waals surface area contributed by atoms with Crippen molar-refractivity contribution in [2.24, 2.45) is 0 Å². The number of aryl methyl sites for hydroxylation is 2. The number of hydrogen-bond donors (Lipinski definition) is 3. The molecule has 2 aliphatic rings. The molecule has 1 aliphatic heterocycles. The van der Waals surface area contributed by atoms with E-state index in [1.54, 1.807) is 0 Å². The Bertz CT molecular complexity index is 887. The number of rotatable bonds is 3. The van der Waals surface area contributed by atoms with Gasteiger partial charge in [0.25, 0.3) is 0 Å². The minimum absolute atomic E-state index is 0.0900. The molecule has 1 aromatic carbocycles. The fraction of sp³-hybridized carbons (Fsp3) is 0.556. The number of aromatic nitrogens is 1. The lowest BCUT2D eigenvalue weighted by atomic mass is 9.91. The molecule has 0 amide bonds. The number of nitrogens with one attached hydrogen (secondary N) is 2. The number of fused-ring (bicyclic) bond motifs is 3. The lowest BCUT2D eigenvalue weighted by molar-refractivity contribution is 0.0632.